The van der Waals surface area contributed by atoms with Crippen LogP contribution in [0, 0.1) is 0 Å². The first-order valence-corrected chi connectivity index (χ1v) is 6.53. The van der Waals surface area contributed by atoms with Gasteiger partial charge in [-0.3, -0.25) is 4.21 Å². The van der Waals surface area contributed by atoms with Crippen molar-refractivity contribution in [3.05, 3.63) is 23.7 Å². The number of nitrogens with one attached hydrogen (secondary N) is 1. The van der Waals surface area contributed by atoms with Gasteiger partial charge in [-0.05, 0) is 6.07 Å². The number of hydrogen-bond donors (Lipinski definition) is 1. The van der Waals surface area contributed by atoms with Crippen molar-refractivity contribution in [3.8, 4) is 0 Å². The summed E-state index contributed by atoms with van der Waals surface area (Å²) in [6, 6.07) is 1.71. The van der Waals surface area contributed by atoms with Crippen molar-refractivity contribution in [2.75, 3.05) is 25.7 Å². The van der Waals surface area contributed by atoms with Crippen molar-refractivity contribution in [1.82, 2.24) is 5.32 Å². The molecule has 1 N–H and O–H groups in total. The van der Waals surface area contributed by atoms with E-state index in [4.69, 9.17) is 4.42 Å². The van der Waals surface area contributed by atoms with E-state index in [1.807, 2.05) is 0 Å². The third-order valence-corrected chi connectivity index (χ3v) is 2.78. The van der Waals surface area contributed by atoms with Crippen LogP contribution in [0.5, 0.6) is 0 Å². The predicted molar refractivity (Wildman–Crippen MR) is 60.7 cm³/mol. The summed E-state index contributed by atoms with van der Waals surface area (Å²) in [4.78, 5) is 11.2. The lowest BCUT2D eigenvalue weighted by atomic mass is 10.2. The van der Waals surface area contributed by atoms with E-state index in [-0.39, 0.29) is 5.76 Å². The molecule has 0 bridgehead atoms. The molecule has 1 rings (SSSR count). The van der Waals surface area contributed by atoms with Gasteiger partial charge in [-0.25, -0.2) is 4.79 Å². The second-order valence-electron chi connectivity index (χ2n) is 3.22. The molecule has 1 atom stereocenters. The molecule has 1 aromatic heterocycles. The molecule has 6 heteroatoms. The highest BCUT2D eigenvalue weighted by atomic mass is 32.2. The van der Waals surface area contributed by atoms with Crippen LogP contribution in [0.3, 0.4) is 0 Å². The van der Waals surface area contributed by atoms with Gasteiger partial charge >= 0.3 is 5.97 Å². The second kappa shape index (κ2) is 6.44. The molecule has 16 heavy (non-hydrogen) atoms. The molecular weight excluding hydrogens is 230 g/mol. The van der Waals surface area contributed by atoms with Crippen LogP contribution in [0.2, 0.25) is 0 Å². The summed E-state index contributed by atoms with van der Waals surface area (Å²) in [5.41, 5.74) is 0.744. The van der Waals surface area contributed by atoms with E-state index in [1.165, 1.54) is 13.4 Å². The first kappa shape index (κ1) is 12.9. The number of carbonyl (C=O) groups is 1. The van der Waals surface area contributed by atoms with Gasteiger partial charge in [-0.2, -0.15) is 0 Å². The zero-order valence-electron chi connectivity index (χ0n) is 9.32. The minimum atomic E-state index is -0.807. The fraction of sp³-hybridized carbons (Fsp3) is 0.500. The Labute approximate surface area is 96.6 Å². The molecule has 0 saturated heterocycles. The van der Waals surface area contributed by atoms with E-state index in [2.05, 4.69) is 10.1 Å². The number of ether oxygens (including phenoxy) is 1. The first-order chi connectivity index (χ1) is 7.65. The van der Waals surface area contributed by atoms with Crippen LogP contribution in [0.1, 0.15) is 16.1 Å². The molecule has 0 saturated carbocycles. The van der Waals surface area contributed by atoms with Crippen molar-refractivity contribution >= 4 is 16.8 Å². The number of carbonyl (C=O) groups excluding carboxylic acids is 1. The summed E-state index contributed by atoms with van der Waals surface area (Å²) >= 11 is 0. The number of furan rings is 1. The minimum Gasteiger partial charge on any atom is -0.463 e. The molecule has 0 radical (unpaired) electrons. The van der Waals surface area contributed by atoms with Gasteiger partial charge in [-0.15, -0.1) is 0 Å². The molecule has 0 aromatic carbocycles. The van der Waals surface area contributed by atoms with Gasteiger partial charge in [0.2, 0.25) is 5.76 Å². The van der Waals surface area contributed by atoms with Gasteiger partial charge in [0.25, 0.3) is 0 Å². The van der Waals surface area contributed by atoms with Crippen LogP contribution in [-0.2, 0) is 22.1 Å². The van der Waals surface area contributed by atoms with Crippen molar-refractivity contribution in [1.29, 1.82) is 0 Å². The Kier molecular flexibility index (Phi) is 5.21. The zero-order valence-corrected chi connectivity index (χ0v) is 10.1. The van der Waals surface area contributed by atoms with Gasteiger partial charge in [0.15, 0.2) is 0 Å². The largest absolute Gasteiger partial charge is 0.463 e. The van der Waals surface area contributed by atoms with E-state index in [0.29, 0.717) is 18.8 Å². The van der Waals surface area contributed by atoms with Crippen LogP contribution < -0.4 is 5.32 Å². The van der Waals surface area contributed by atoms with Crippen LogP contribution in [0.25, 0.3) is 0 Å². The normalized spacial score (nSPS) is 12.4. The Morgan fingerprint density at radius 1 is 1.62 bits per heavy atom. The quantitative estimate of drug-likeness (QED) is 0.585. The van der Waals surface area contributed by atoms with E-state index >= 15 is 0 Å². The maximum atomic E-state index is 11.2. The molecular formula is C10H15NO4S. The standard InChI is InChI=1S/C10H15NO4S/c1-14-10(12)9-8(3-5-15-9)7-11-4-6-16(2)13/h3,5,11H,4,6-7H2,1-2H3. The molecule has 5 nitrogen and oxygen atoms in total. The predicted octanol–water partition coefficient (Wildman–Crippen LogP) is 0.534. The Hall–Kier alpha value is -1.14. The van der Waals surface area contributed by atoms with Crippen molar-refractivity contribution in [2.24, 2.45) is 0 Å². The fourth-order valence-corrected chi connectivity index (χ4v) is 1.62. The highest BCUT2D eigenvalue weighted by molar-refractivity contribution is 7.84. The molecule has 1 aromatic rings. The van der Waals surface area contributed by atoms with E-state index in [9.17, 15) is 9.00 Å². The Morgan fingerprint density at radius 3 is 3.00 bits per heavy atom. The Balaban J connectivity index is 2.45. The number of methoxy groups -OCH3 is 1. The highest BCUT2D eigenvalue weighted by Crippen LogP contribution is 2.11. The van der Waals surface area contributed by atoms with Gasteiger partial charge in [0, 0.05) is 41.5 Å². The van der Waals surface area contributed by atoms with E-state index in [0.717, 1.165) is 5.56 Å². The Bertz CT molecular complexity index is 375. The summed E-state index contributed by atoms with van der Waals surface area (Å²) in [7, 11) is 0.501. The van der Waals surface area contributed by atoms with Crippen molar-refractivity contribution < 1.29 is 18.2 Å². The summed E-state index contributed by atoms with van der Waals surface area (Å²) in [6.45, 7) is 1.13. The number of rotatable bonds is 6. The van der Waals surface area contributed by atoms with Crippen LogP contribution >= 0.6 is 0 Å². The SMILES string of the molecule is COC(=O)c1occc1CNCCS(C)=O. The molecule has 0 amide bonds. The molecule has 0 aliphatic carbocycles. The second-order valence-corrected chi connectivity index (χ2v) is 4.78. The average Bonchev–Trinajstić information content (AvgIpc) is 2.71. The van der Waals surface area contributed by atoms with Crippen LogP contribution in [0.15, 0.2) is 16.7 Å². The summed E-state index contributed by atoms with van der Waals surface area (Å²) in [6.07, 6.45) is 3.10. The van der Waals surface area contributed by atoms with Gasteiger partial charge in [0.1, 0.15) is 0 Å². The van der Waals surface area contributed by atoms with Gasteiger partial charge in [-0.1, -0.05) is 0 Å². The maximum Gasteiger partial charge on any atom is 0.374 e. The van der Waals surface area contributed by atoms with E-state index in [1.54, 1.807) is 12.3 Å². The monoisotopic (exact) mass is 245 g/mol. The third kappa shape index (κ3) is 3.79. The minimum absolute atomic E-state index is 0.215. The maximum absolute atomic E-state index is 11.2. The number of hydrogen-bond acceptors (Lipinski definition) is 5. The Morgan fingerprint density at radius 2 is 2.38 bits per heavy atom. The molecule has 1 unspecified atom stereocenters. The smallest absolute Gasteiger partial charge is 0.374 e. The lowest BCUT2D eigenvalue weighted by Crippen LogP contribution is -2.20. The summed E-state index contributed by atoms with van der Waals surface area (Å²) < 4.78 is 20.4. The summed E-state index contributed by atoms with van der Waals surface area (Å²) in [5.74, 6) is 0.319. The van der Waals surface area contributed by atoms with Crippen molar-refractivity contribution in [3.63, 3.8) is 0 Å². The molecule has 0 fully saturated rings. The average molecular weight is 245 g/mol. The highest BCUT2D eigenvalue weighted by Gasteiger charge is 2.14. The molecule has 0 spiro atoms. The van der Waals surface area contributed by atoms with Crippen LogP contribution in [-0.4, -0.2) is 35.8 Å². The van der Waals surface area contributed by atoms with E-state index < -0.39 is 16.8 Å². The topological polar surface area (TPSA) is 68.5 Å². The molecule has 0 aliphatic rings. The van der Waals surface area contributed by atoms with Crippen LogP contribution in [0.4, 0.5) is 0 Å². The zero-order chi connectivity index (χ0) is 12.0. The first-order valence-electron chi connectivity index (χ1n) is 4.80. The lowest BCUT2D eigenvalue weighted by molar-refractivity contribution is 0.0563. The third-order valence-electron chi connectivity index (χ3n) is 2.00. The van der Waals surface area contributed by atoms with Gasteiger partial charge < -0.3 is 14.5 Å². The molecule has 1 heterocycles. The number of esters is 1. The molecule has 90 valence electrons. The van der Waals surface area contributed by atoms with Crippen molar-refractivity contribution in [2.45, 2.75) is 6.54 Å². The lowest BCUT2D eigenvalue weighted by Gasteiger charge is -2.03. The van der Waals surface area contributed by atoms with Gasteiger partial charge in [0.05, 0.1) is 13.4 Å². The molecule has 0 aliphatic heterocycles. The fourth-order valence-electron chi connectivity index (χ4n) is 1.19. The summed E-state index contributed by atoms with van der Waals surface area (Å²) in [5, 5.41) is 3.08.